The van der Waals surface area contributed by atoms with Gasteiger partial charge in [0.2, 0.25) is 11.5 Å². The van der Waals surface area contributed by atoms with Crippen molar-refractivity contribution in [1.82, 2.24) is 0 Å². The van der Waals surface area contributed by atoms with Crippen LogP contribution >= 0.6 is 0 Å². The molecule has 0 radical (unpaired) electrons. The van der Waals surface area contributed by atoms with Gasteiger partial charge < -0.3 is 9.80 Å². The van der Waals surface area contributed by atoms with E-state index >= 15 is 0 Å². The number of carbonyl (C=O) groups excluding carboxylic acids is 1. The fourth-order valence-electron chi connectivity index (χ4n) is 3.79. The van der Waals surface area contributed by atoms with E-state index in [0.29, 0.717) is 22.6 Å². The largest absolute Gasteiger partial charge is 0.369 e. The Labute approximate surface area is 191 Å². The second-order valence-corrected chi connectivity index (χ2v) is 7.33. The van der Waals surface area contributed by atoms with Gasteiger partial charge in [-0.25, -0.2) is 0 Å². The average Bonchev–Trinajstić information content (AvgIpc) is 2.85. The molecule has 3 rings (SSSR count). The third kappa shape index (κ3) is 5.05. The predicted molar refractivity (Wildman–Crippen MR) is 131 cm³/mol. The van der Waals surface area contributed by atoms with Crippen molar-refractivity contribution >= 4 is 17.2 Å². The van der Waals surface area contributed by atoms with Crippen LogP contribution in [0.5, 0.6) is 11.5 Å². The lowest BCUT2D eigenvalue weighted by Gasteiger charge is -2.26. The molecular weight excluding hydrogens is 400 g/mol. The average molecular weight is 433 g/mol. The summed E-state index contributed by atoms with van der Waals surface area (Å²) >= 11 is 0. The number of carbonyl (C=O) groups is 1. The Hall–Kier alpha value is -3.47. The monoisotopic (exact) mass is 432 g/mol. The van der Waals surface area contributed by atoms with Crippen molar-refractivity contribution in [2.75, 3.05) is 36.0 Å². The molecule has 0 atom stereocenters. The summed E-state index contributed by atoms with van der Waals surface area (Å²) in [6.07, 6.45) is 0. The maximum atomic E-state index is 13.3. The molecule has 0 aliphatic rings. The Morgan fingerprint density at radius 3 is 1.88 bits per heavy atom. The van der Waals surface area contributed by atoms with E-state index in [0.717, 1.165) is 37.6 Å². The highest BCUT2D eigenvalue weighted by Gasteiger charge is 2.22. The van der Waals surface area contributed by atoms with Crippen LogP contribution in [-0.4, -0.2) is 32.0 Å². The molecule has 5 nitrogen and oxygen atoms in total. The minimum Gasteiger partial charge on any atom is -0.369 e. The molecule has 0 N–H and O–H groups in total. The summed E-state index contributed by atoms with van der Waals surface area (Å²) in [6, 6.07) is 22.7. The van der Waals surface area contributed by atoms with Gasteiger partial charge in [-0.05, 0) is 52.0 Å². The highest BCUT2D eigenvalue weighted by atomic mass is 17.2. The Balaban J connectivity index is 2.02. The van der Waals surface area contributed by atoms with Gasteiger partial charge >= 0.3 is 0 Å². The summed E-state index contributed by atoms with van der Waals surface area (Å²) in [5, 5.41) is 0. The molecule has 0 spiro atoms. The predicted octanol–water partition coefficient (Wildman–Crippen LogP) is 5.98. The molecule has 0 fully saturated rings. The SMILES string of the molecule is CCN(CC)c1ccccc1OOc1c(C(=O)c2ccccc2)cccc1N(CC)CC. The van der Waals surface area contributed by atoms with E-state index in [2.05, 4.69) is 37.5 Å². The van der Waals surface area contributed by atoms with Crippen LogP contribution in [0.2, 0.25) is 0 Å². The van der Waals surface area contributed by atoms with Crippen LogP contribution in [-0.2, 0) is 0 Å². The Bertz CT molecular complexity index is 1010. The van der Waals surface area contributed by atoms with E-state index in [1.807, 2.05) is 66.7 Å². The minimum absolute atomic E-state index is 0.102. The van der Waals surface area contributed by atoms with Crippen molar-refractivity contribution in [3.8, 4) is 11.5 Å². The van der Waals surface area contributed by atoms with Crippen molar-refractivity contribution in [2.24, 2.45) is 0 Å². The number of hydrogen-bond donors (Lipinski definition) is 0. The topological polar surface area (TPSA) is 42.0 Å². The first-order chi connectivity index (χ1) is 15.6. The van der Waals surface area contributed by atoms with Crippen LogP contribution in [0.4, 0.5) is 11.4 Å². The number of ketones is 1. The smallest absolute Gasteiger partial charge is 0.212 e. The Morgan fingerprint density at radius 2 is 1.22 bits per heavy atom. The third-order valence-electron chi connectivity index (χ3n) is 5.56. The lowest BCUT2D eigenvalue weighted by atomic mass is 10.0. The van der Waals surface area contributed by atoms with Crippen LogP contribution in [0.1, 0.15) is 43.6 Å². The molecule has 0 aromatic heterocycles. The van der Waals surface area contributed by atoms with Crippen LogP contribution in [0.15, 0.2) is 72.8 Å². The Kier molecular flexibility index (Phi) is 8.14. The lowest BCUT2D eigenvalue weighted by Crippen LogP contribution is -2.24. The standard InChI is InChI=1S/C27H32N2O3/c1-5-28(6-2)23-18-12-13-20-25(23)31-32-27-22(26(30)21-15-10-9-11-16-21)17-14-19-24(27)29(7-3)8-4/h9-20H,5-8H2,1-4H3. The zero-order valence-corrected chi connectivity index (χ0v) is 19.4. The Morgan fingerprint density at radius 1 is 0.656 bits per heavy atom. The van der Waals surface area contributed by atoms with Gasteiger partial charge in [0, 0.05) is 31.7 Å². The molecule has 0 amide bonds. The molecule has 168 valence electrons. The number of rotatable bonds is 11. The molecular formula is C27H32N2O3. The molecule has 3 aromatic carbocycles. The number of benzene rings is 3. The van der Waals surface area contributed by atoms with E-state index in [-0.39, 0.29) is 5.78 Å². The summed E-state index contributed by atoms with van der Waals surface area (Å²) in [5.41, 5.74) is 2.87. The minimum atomic E-state index is -0.102. The first-order valence-corrected chi connectivity index (χ1v) is 11.3. The molecule has 0 unspecified atom stereocenters. The van der Waals surface area contributed by atoms with Gasteiger partial charge in [-0.1, -0.05) is 48.5 Å². The number of nitrogens with zero attached hydrogens (tertiary/aromatic N) is 2. The van der Waals surface area contributed by atoms with Crippen LogP contribution in [0.25, 0.3) is 0 Å². The van der Waals surface area contributed by atoms with Gasteiger partial charge in [-0.15, -0.1) is 0 Å². The van der Waals surface area contributed by atoms with E-state index in [1.54, 1.807) is 6.07 Å². The molecule has 32 heavy (non-hydrogen) atoms. The van der Waals surface area contributed by atoms with Gasteiger partial charge in [-0.2, -0.15) is 0 Å². The number of anilines is 2. The quantitative estimate of drug-likeness (QED) is 0.212. The summed E-state index contributed by atoms with van der Waals surface area (Å²) in [4.78, 5) is 29.6. The normalized spacial score (nSPS) is 10.5. The van der Waals surface area contributed by atoms with E-state index in [9.17, 15) is 4.79 Å². The molecule has 5 heteroatoms. The van der Waals surface area contributed by atoms with Gasteiger partial charge in [0.1, 0.15) is 0 Å². The second-order valence-electron chi connectivity index (χ2n) is 7.33. The van der Waals surface area contributed by atoms with Gasteiger partial charge in [-0.3, -0.25) is 14.6 Å². The molecule has 0 aliphatic heterocycles. The molecule has 0 saturated carbocycles. The zero-order chi connectivity index (χ0) is 22.9. The first kappa shape index (κ1) is 23.2. The fraction of sp³-hybridized carbons (Fsp3) is 0.296. The van der Waals surface area contributed by atoms with Crippen LogP contribution < -0.4 is 19.6 Å². The number of para-hydroxylation sites is 3. The summed E-state index contributed by atoms with van der Waals surface area (Å²) in [7, 11) is 0. The summed E-state index contributed by atoms with van der Waals surface area (Å²) in [5.74, 6) is 0.943. The molecule has 0 bridgehead atoms. The molecule has 0 saturated heterocycles. The maximum Gasteiger partial charge on any atom is 0.212 e. The molecule has 3 aromatic rings. The summed E-state index contributed by atoms with van der Waals surface area (Å²) in [6.45, 7) is 11.6. The van der Waals surface area contributed by atoms with Gasteiger partial charge in [0.05, 0.1) is 16.9 Å². The maximum absolute atomic E-state index is 13.3. The van der Waals surface area contributed by atoms with E-state index in [1.165, 1.54) is 0 Å². The van der Waals surface area contributed by atoms with Crippen molar-refractivity contribution in [2.45, 2.75) is 27.7 Å². The zero-order valence-electron chi connectivity index (χ0n) is 19.4. The molecule has 0 aliphatic carbocycles. The van der Waals surface area contributed by atoms with Gasteiger partial charge in [0.15, 0.2) is 5.78 Å². The number of hydrogen-bond acceptors (Lipinski definition) is 5. The highest BCUT2D eigenvalue weighted by Crippen LogP contribution is 2.36. The fourth-order valence-corrected chi connectivity index (χ4v) is 3.79. The van der Waals surface area contributed by atoms with Crippen LogP contribution in [0.3, 0.4) is 0 Å². The first-order valence-electron chi connectivity index (χ1n) is 11.3. The lowest BCUT2D eigenvalue weighted by molar-refractivity contribution is -0.0992. The highest BCUT2D eigenvalue weighted by molar-refractivity contribution is 6.11. The third-order valence-corrected chi connectivity index (χ3v) is 5.56. The molecule has 0 heterocycles. The van der Waals surface area contributed by atoms with Gasteiger partial charge in [0.25, 0.3) is 0 Å². The van der Waals surface area contributed by atoms with E-state index in [4.69, 9.17) is 9.78 Å². The second kappa shape index (κ2) is 11.2. The van der Waals surface area contributed by atoms with Crippen LogP contribution in [0, 0.1) is 0 Å². The summed E-state index contributed by atoms with van der Waals surface area (Å²) < 4.78 is 0. The van der Waals surface area contributed by atoms with Crippen molar-refractivity contribution < 1.29 is 14.6 Å². The van der Waals surface area contributed by atoms with E-state index < -0.39 is 0 Å². The van der Waals surface area contributed by atoms with Crippen molar-refractivity contribution in [3.05, 3.63) is 83.9 Å². The van der Waals surface area contributed by atoms with Crippen molar-refractivity contribution in [1.29, 1.82) is 0 Å². The van der Waals surface area contributed by atoms with Crippen molar-refractivity contribution in [3.63, 3.8) is 0 Å².